The molecule has 216 valence electrons. The maximum atomic E-state index is 13.1. The fourth-order valence-corrected chi connectivity index (χ4v) is 6.33. The van der Waals surface area contributed by atoms with E-state index in [-0.39, 0.29) is 11.9 Å². The molecule has 0 N–H and O–H groups in total. The third-order valence-electron chi connectivity index (χ3n) is 8.52. The minimum absolute atomic E-state index is 0.185. The molecule has 2 aromatic carbocycles. The van der Waals surface area contributed by atoms with Crippen LogP contribution >= 0.6 is 23.2 Å². The topological polar surface area (TPSA) is 62.3 Å². The monoisotopic (exact) mass is 587 g/mol. The Labute approximate surface area is 247 Å². The third-order valence-corrected chi connectivity index (χ3v) is 9.32. The maximum Gasteiger partial charge on any atom is 0.338 e. The second kappa shape index (κ2) is 13.0. The van der Waals surface area contributed by atoms with Gasteiger partial charge in [0, 0.05) is 38.7 Å². The zero-order valence-corrected chi connectivity index (χ0v) is 24.8. The van der Waals surface area contributed by atoms with Crippen LogP contribution in [0.4, 0.5) is 11.4 Å². The van der Waals surface area contributed by atoms with E-state index < -0.39 is 5.41 Å². The molecule has 2 aliphatic heterocycles. The molecule has 3 aliphatic rings. The van der Waals surface area contributed by atoms with Crippen LogP contribution in [0.2, 0.25) is 10.0 Å². The smallest absolute Gasteiger partial charge is 0.338 e. The van der Waals surface area contributed by atoms with Crippen molar-refractivity contribution < 1.29 is 19.2 Å². The highest BCUT2D eigenvalue weighted by molar-refractivity contribution is 6.43. The van der Waals surface area contributed by atoms with Gasteiger partial charge in [-0.3, -0.25) is 9.69 Å². The van der Waals surface area contributed by atoms with Crippen LogP contribution in [0.15, 0.2) is 36.4 Å². The molecule has 5 rings (SSSR count). The van der Waals surface area contributed by atoms with E-state index in [1.807, 2.05) is 43.3 Å². The lowest BCUT2D eigenvalue weighted by Gasteiger charge is -2.36. The van der Waals surface area contributed by atoms with Crippen molar-refractivity contribution in [2.45, 2.75) is 64.7 Å². The zero-order valence-electron chi connectivity index (χ0n) is 23.3. The predicted molar refractivity (Wildman–Crippen MR) is 159 cm³/mol. The van der Waals surface area contributed by atoms with Gasteiger partial charge in [0.1, 0.15) is 5.75 Å². The standard InChI is InChI=1S/C31H39Cl2N3O4/c1-31(14-3-2-4-15-31)30(38)40-36-27-22-24(12-10-23(27)11-13-28(36)37)39-21-6-5-16-34-17-19-35(20-18-34)26-9-7-8-25(32)29(26)33/h7-10,12,22H,2-6,11,13-21H2,1H3. The van der Waals surface area contributed by atoms with E-state index >= 15 is 0 Å². The van der Waals surface area contributed by atoms with E-state index in [0.717, 1.165) is 88.9 Å². The van der Waals surface area contributed by atoms with Crippen molar-refractivity contribution in [3.8, 4) is 5.75 Å². The fourth-order valence-electron chi connectivity index (χ4n) is 5.92. The molecule has 2 aromatic rings. The molecule has 9 heteroatoms. The average Bonchev–Trinajstić information content (AvgIpc) is 2.96. The highest BCUT2D eigenvalue weighted by atomic mass is 35.5. The number of aryl methyl sites for hydroxylation is 1. The van der Waals surface area contributed by atoms with Crippen molar-refractivity contribution in [2.24, 2.45) is 5.41 Å². The average molecular weight is 589 g/mol. The molecule has 40 heavy (non-hydrogen) atoms. The van der Waals surface area contributed by atoms with Crippen LogP contribution in [-0.4, -0.2) is 56.1 Å². The number of halogens is 2. The summed E-state index contributed by atoms with van der Waals surface area (Å²) in [5.41, 5.74) is 2.09. The van der Waals surface area contributed by atoms with Gasteiger partial charge in [-0.15, -0.1) is 5.06 Å². The maximum absolute atomic E-state index is 13.1. The first-order valence-electron chi connectivity index (χ1n) is 14.6. The van der Waals surface area contributed by atoms with E-state index in [2.05, 4.69) is 9.80 Å². The van der Waals surface area contributed by atoms with E-state index in [1.54, 1.807) is 0 Å². The van der Waals surface area contributed by atoms with E-state index in [1.165, 1.54) is 5.06 Å². The Kier molecular flexibility index (Phi) is 9.44. The second-order valence-corrected chi connectivity index (χ2v) is 12.2. The lowest BCUT2D eigenvalue weighted by Crippen LogP contribution is -2.46. The largest absolute Gasteiger partial charge is 0.494 e. The summed E-state index contributed by atoms with van der Waals surface area (Å²) in [4.78, 5) is 36.3. The number of nitrogens with zero attached hydrogens (tertiary/aromatic N) is 3. The van der Waals surface area contributed by atoms with Crippen LogP contribution in [0.3, 0.4) is 0 Å². The zero-order chi connectivity index (χ0) is 28.1. The van der Waals surface area contributed by atoms with Gasteiger partial charge in [-0.2, -0.15) is 0 Å². The predicted octanol–water partition coefficient (Wildman–Crippen LogP) is 6.68. The Bertz CT molecular complexity index is 1210. The first-order valence-corrected chi connectivity index (χ1v) is 15.3. The summed E-state index contributed by atoms with van der Waals surface area (Å²) in [5.74, 6) is 0.191. The van der Waals surface area contributed by atoms with Crippen molar-refractivity contribution in [1.82, 2.24) is 4.90 Å². The number of hydrogen-bond donors (Lipinski definition) is 0. The fraction of sp³-hybridized carbons (Fsp3) is 0.548. The van der Waals surface area contributed by atoms with Crippen LogP contribution in [0.5, 0.6) is 5.75 Å². The number of fused-ring (bicyclic) bond motifs is 1. The van der Waals surface area contributed by atoms with Crippen LogP contribution in [0.1, 0.15) is 63.9 Å². The van der Waals surface area contributed by atoms with Gasteiger partial charge in [0.05, 0.1) is 33.4 Å². The summed E-state index contributed by atoms with van der Waals surface area (Å²) in [6.07, 6.45) is 7.70. The molecule has 0 spiro atoms. The van der Waals surface area contributed by atoms with Crippen LogP contribution in [0.25, 0.3) is 0 Å². The van der Waals surface area contributed by atoms with Gasteiger partial charge >= 0.3 is 5.97 Å². The number of ether oxygens (including phenoxy) is 1. The highest BCUT2D eigenvalue weighted by Crippen LogP contribution is 2.39. The summed E-state index contributed by atoms with van der Waals surface area (Å²) in [5, 5.41) is 2.43. The van der Waals surface area contributed by atoms with Gasteiger partial charge in [-0.1, -0.05) is 54.6 Å². The Morgan fingerprint density at radius 2 is 1.73 bits per heavy atom. The Morgan fingerprint density at radius 3 is 2.50 bits per heavy atom. The molecule has 2 heterocycles. The van der Waals surface area contributed by atoms with Gasteiger partial charge in [-0.25, -0.2) is 4.79 Å². The second-order valence-electron chi connectivity index (χ2n) is 11.4. The van der Waals surface area contributed by atoms with Gasteiger partial charge < -0.3 is 14.5 Å². The van der Waals surface area contributed by atoms with Gasteiger partial charge in [0.2, 0.25) is 0 Å². The molecule has 1 saturated heterocycles. The lowest BCUT2D eigenvalue weighted by molar-refractivity contribution is -0.162. The number of piperazine rings is 1. The Hall–Kier alpha value is -2.48. The van der Waals surface area contributed by atoms with Crippen LogP contribution in [-0.2, 0) is 20.8 Å². The first-order chi connectivity index (χ1) is 19.3. The van der Waals surface area contributed by atoms with Crippen molar-refractivity contribution in [3.63, 3.8) is 0 Å². The van der Waals surface area contributed by atoms with Gasteiger partial charge in [-0.05, 0) is 69.3 Å². The normalized spacial score (nSPS) is 19.3. The number of benzene rings is 2. The SMILES string of the molecule is CC1(C(=O)ON2C(=O)CCc3ccc(OCCCCN4CCN(c5cccc(Cl)c5Cl)CC4)cc32)CCCCC1. The molecular formula is C31H39Cl2N3O4. The molecule has 7 nitrogen and oxygen atoms in total. The third kappa shape index (κ3) is 6.69. The Morgan fingerprint density at radius 1 is 0.950 bits per heavy atom. The summed E-state index contributed by atoms with van der Waals surface area (Å²) in [6, 6.07) is 11.5. The summed E-state index contributed by atoms with van der Waals surface area (Å²) < 4.78 is 6.05. The molecule has 0 bridgehead atoms. The van der Waals surface area contributed by atoms with Crippen LogP contribution < -0.4 is 14.7 Å². The molecule has 1 amide bonds. The number of hydroxylamine groups is 1. The molecule has 0 radical (unpaired) electrons. The van der Waals surface area contributed by atoms with E-state index in [4.69, 9.17) is 32.8 Å². The van der Waals surface area contributed by atoms with E-state index in [9.17, 15) is 9.59 Å². The minimum atomic E-state index is -0.529. The number of hydrogen-bond acceptors (Lipinski definition) is 6. The van der Waals surface area contributed by atoms with Crippen molar-refractivity contribution in [3.05, 3.63) is 52.0 Å². The highest BCUT2D eigenvalue weighted by Gasteiger charge is 2.39. The molecular weight excluding hydrogens is 549 g/mol. The number of rotatable bonds is 9. The molecule has 1 saturated carbocycles. The molecule has 2 fully saturated rings. The molecule has 0 unspecified atom stereocenters. The van der Waals surface area contributed by atoms with Crippen molar-refractivity contribution in [2.75, 3.05) is 49.3 Å². The molecule has 0 atom stereocenters. The number of anilines is 2. The lowest BCUT2D eigenvalue weighted by atomic mass is 9.76. The number of carbonyl (C=O) groups is 2. The van der Waals surface area contributed by atoms with Crippen molar-refractivity contribution >= 4 is 46.5 Å². The van der Waals surface area contributed by atoms with Gasteiger partial charge in [0.25, 0.3) is 5.91 Å². The molecule has 0 aromatic heterocycles. The quantitative estimate of drug-likeness (QED) is 0.305. The number of unbranched alkanes of at least 4 members (excludes halogenated alkanes) is 1. The number of amides is 1. The summed E-state index contributed by atoms with van der Waals surface area (Å²) in [6.45, 7) is 7.37. The number of carbonyl (C=O) groups excluding carboxylic acids is 2. The van der Waals surface area contributed by atoms with Crippen molar-refractivity contribution in [1.29, 1.82) is 0 Å². The first kappa shape index (κ1) is 29.0. The van der Waals surface area contributed by atoms with Gasteiger partial charge in [0.15, 0.2) is 0 Å². The minimum Gasteiger partial charge on any atom is -0.494 e. The Balaban J connectivity index is 1.08. The summed E-state index contributed by atoms with van der Waals surface area (Å²) >= 11 is 12.6. The van der Waals surface area contributed by atoms with E-state index in [0.29, 0.717) is 40.9 Å². The summed E-state index contributed by atoms with van der Waals surface area (Å²) in [7, 11) is 0. The van der Waals surface area contributed by atoms with Crippen LogP contribution in [0, 0.1) is 5.41 Å². The molecule has 1 aliphatic carbocycles.